The molecule has 4 nitrogen and oxygen atoms in total. The van der Waals surface area contributed by atoms with Gasteiger partial charge in [0, 0.05) is 19.4 Å². The number of nitrogens with zero attached hydrogens (tertiary/aromatic N) is 1. The third-order valence-electron chi connectivity index (χ3n) is 2.60. The number of amides is 2. The maximum Gasteiger partial charge on any atom is 0.229 e. The van der Waals surface area contributed by atoms with E-state index in [0.29, 0.717) is 25.8 Å². The van der Waals surface area contributed by atoms with Crippen LogP contribution in [0.3, 0.4) is 0 Å². The summed E-state index contributed by atoms with van der Waals surface area (Å²) in [6, 6.07) is 0. The normalized spacial score (nSPS) is 19.9. The number of aliphatic hydroxyl groups is 1. The number of carbonyl (C=O) groups is 2. The van der Waals surface area contributed by atoms with Crippen LogP contribution < -0.4 is 0 Å². The Morgan fingerprint density at radius 1 is 1.33 bits per heavy atom. The minimum Gasteiger partial charge on any atom is -0.390 e. The minimum absolute atomic E-state index is 0.108. The third kappa shape index (κ3) is 3.63. The number of piperidine rings is 1. The van der Waals surface area contributed by atoms with Crippen molar-refractivity contribution in [2.75, 3.05) is 6.54 Å². The van der Waals surface area contributed by atoms with Gasteiger partial charge in [-0.3, -0.25) is 14.5 Å². The fraction of sp³-hybridized carbons (Fsp3) is 0.818. The van der Waals surface area contributed by atoms with Gasteiger partial charge in [0.2, 0.25) is 11.8 Å². The maximum absolute atomic E-state index is 11.6. The standard InChI is InChI=1S/C11H19NO3/c1-8-6-9(13)12(10(14)7-8)5-4-11(2,3)15/h8,15H,4-7H2,1-3H3. The summed E-state index contributed by atoms with van der Waals surface area (Å²) in [5.41, 5.74) is -0.830. The van der Waals surface area contributed by atoms with Crippen LogP contribution >= 0.6 is 0 Å². The second-order valence-electron chi connectivity index (χ2n) is 5.01. The Morgan fingerprint density at radius 3 is 2.20 bits per heavy atom. The predicted octanol–water partition coefficient (Wildman–Crippen LogP) is 0.932. The molecular weight excluding hydrogens is 194 g/mol. The lowest BCUT2D eigenvalue weighted by atomic mass is 9.96. The average molecular weight is 213 g/mol. The summed E-state index contributed by atoms with van der Waals surface area (Å²) in [6.45, 7) is 5.58. The second kappa shape index (κ2) is 4.31. The number of hydrogen-bond acceptors (Lipinski definition) is 3. The number of hydrogen-bond donors (Lipinski definition) is 1. The highest BCUT2D eigenvalue weighted by atomic mass is 16.3. The monoisotopic (exact) mass is 213 g/mol. The van der Waals surface area contributed by atoms with Crippen molar-refractivity contribution in [3.05, 3.63) is 0 Å². The van der Waals surface area contributed by atoms with Gasteiger partial charge in [-0.2, -0.15) is 0 Å². The van der Waals surface area contributed by atoms with Gasteiger partial charge >= 0.3 is 0 Å². The van der Waals surface area contributed by atoms with Gasteiger partial charge in [0.1, 0.15) is 0 Å². The van der Waals surface area contributed by atoms with Gasteiger partial charge in [-0.1, -0.05) is 6.92 Å². The number of carbonyl (C=O) groups excluding carboxylic acids is 2. The molecular formula is C11H19NO3. The molecule has 1 heterocycles. The van der Waals surface area contributed by atoms with Gasteiger partial charge in [-0.05, 0) is 26.2 Å². The van der Waals surface area contributed by atoms with E-state index < -0.39 is 5.60 Å². The summed E-state index contributed by atoms with van der Waals surface area (Å²) in [7, 11) is 0. The van der Waals surface area contributed by atoms with E-state index >= 15 is 0 Å². The summed E-state index contributed by atoms with van der Waals surface area (Å²) in [6.07, 6.45) is 1.31. The van der Waals surface area contributed by atoms with Crippen molar-refractivity contribution < 1.29 is 14.7 Å². The largest absolute Gasteiger partial charge is 0.390 e. The Bertz CT molecular complexity index is 249. The van der Waals surface area contributed by atoms with Crippen molar-refractivity contribution in [2.24, 2.45) is 5.92 Å². The fourth-order valence-electron chi connectivity index (χ4n) is 1.66. The molecule has 0 aliphatic carbocycles. The van der Waals surface area contributed by atoms with Crippen LogP contribution in [0.2, 0.25) is 0 Å². The SMILES string of the molecule is CC1CC(=O)N(CCC(C)(C)O)C(=O)C1. The molecule has 0 saturated carbocycles. The maximum atomic E-state index is 11.6. The molecule has 0 aromatic rings. The summed E-state index contributed by atoms with van der Waals surface area (Å²) in [5.74, 6) is -0.0608. The quantitative estimate of drug-likeness (QED) is 0.710. The van der Waals surface area contributed by atoms with Crippen LogP contribution in [0, 0.1) is 5.92 Å². The molecule has 0 unspecified atom stereocenters. The van der Waals surface area contributed by atoms with Gasteiger partial charge in [0.05, 0.1) is 5.60 Å². The van der Waals surface area contributed by atoms with Crippen LogP contribution in [-0.4, -0.2) is 34.0 Å². The van der Waals surface area contributed by atoms with Crippen LogP contribution in [0.15, 0.2) is 0 Å². The molecule has 86 valence electrons. The summed E-state index contributed by atoms with van der Waals surface area (Å²) >= 11 is 0. The lowest BCUT2D eigenvalue weighted by Gasteiger charge is -2.30. The number of likely N-dealkylation sites (tertiary alicyclic amines) is 1. The van der Waals surface area contributed by atoms with Gasteiger partial charge in [0.15, 0.2) is 0 Å². The van der Waals surface area contributed by atoms with E-state index in [9.17, 15) is 14.7 Å². The van der Waals surface area contributed by atoms with E-state index in [-0.39, 0.29) is 17.7 Å². The van der Waals surface area contributed by atoms with Crippen molar-refractivity contribution in [3.8, 4) is 0 Å². The Labute approximate surface area is 90.3 Å². The molecule has 0 aromatic heterocycles. The van der Waals surface area contributed by atoms with Crippen molar-refractivity contribution >= 4 is 11.8 Å². The summed E-state index contributed by atoms with van der Waals surface area (Å²) in [4.78, 5) is 24.4. The van der Waals surface area contributed by atoms with Crippen molar-refractivity contribution in [1.29, 1.82) is 0 Å². The summed E-state index contributed by atoms with van der Waals surface area (Å²) < 4.78 is 0. The topological polar surface area (TPSA) is 57.6 Å². The zero-order valence-electron chi connectivity index (χ0n) is 9.62. The van der Waals surface area contributed by atoms with Gasteiger partial charge in [-0.15, -0.1) is 0 Å². The molecule has 2 amide bonds. The lowest BCUT2D eigenvalue weighted by Crippen LogP contribution is -2.44. The molecule has 0 bridgehead atoms. The molecule has 1 aliphatic rings. The van der Waals surface area contributed by atoms with Gasteiger partial charge < -0.3 is 5.11 Å². The Kier molecular flexibility index (Phi) is 3.50. The van der Waals surface area contributed by atoms with E-state index in [0.717, 1.165) is 0 Å². The number of rotatable bonds is 3. The highest BCUT2D eigenvalue weighted by Gasteiger charge is 2.30. The van der Waals surface area contributed by atoms with Crippen LogP contribution in [0.5, 0.6) is 0 Å². The lowest BCUT2D eigenvalue weighted by molar-refractivity contribution is -0.150. The molecule has 0 spiro atoms. The van der Waals surface area contributed by atoms with Crippen LogP contribution in [0.4, 0.5) is 0 Å². The van der Waals surface area contributed by atoms with E-state index in [1.165, 1.54) is 4.90 Å². The molecule has 0 atom stereocenters. The zero-order chi connectivity index (χ0) is 11.6. The third-order valence-corrected chi connectivity index (χ3v) is 2.60. The number of imide groups is 1. The van der Waals surface area contributed by atoms with Gasteiger partial charge in [0.25, 0.3) is 0 Å². The van der Waals surface area contributed by atoms with Gasteiger partial charge in [-0.25, -0.2) is 0 Å². The smallest absolute Gasteiger partial charge is 0.229 e. The van der Waals surface area contributed by atoms with E-state index in [2.05, 4.69) is 0 Å². The first-order chi connectivity index (χ1) is 6.79. The first-order valence-electron chi connectivity index (χ1n) is 5.35. The molecule has 4 heteroatoms. The first-order valence-corrected chi connectivity index (χ1v) is 5.35. The molecule has 1 aliphatic heterocycles. The first kappa shape index (κ1) is 12.2. The Balaban J connectivity index is 2.54. The predicted molar refractivity (Wildman–Crippen MR) is 56.0 cm³/mol. The second-order valence-corrected chi connectivity index (χ2v) is 5.01. The van der Waals surface area contributed by atoms with Crippen molar-refractivity contribution in [2.45, 2.75) is 45.6 Å². The summed E-state index contributed by atoms with van der Waals surface area (Å²) in [5, 5.41) is 9.52. The molecule has 0 aromatic carbocycles. The molecule has 1 N–H and O–H groups in total. The van der Waals surface area contributed by atoms with E-state index in [4.69, 9.17) is 0 Å². The van der Waals surface area contributed by atoms with Crippen molar-refractivity contribution in [1.82, 2.24) is 4.90 Å². The van der Waals surface area contributed by atoms with Crippen molar-refractivity contribution in [3.63, 3.8) is 0 Å². The molecule has 1 fully saturated rings. The molecule has 0 radical (unpaired) electrons. The molecule has 1 saturated heterocycles. The zero-order valence-corrected chi connectivity index (χ0v) is 9.62. The highest BCUT2D eigenvalue weighted by molar-refractivity contribution is 5.97. The fourth-order valence-corrected chi connectivity index (χ4v) is 1.66. The average Bonchev–Trinajstić information content (AvgIpc) is 1.99. The van der Waals surface area contributed by atoms with E-state index in [1.54, 1.807) is 13.8 Å². The highest BCUT2D eigenvalue weighted by Crippen LogP contribution is 2.20. The van der Waals surface area contributed by atoms with Crippen LogP contribution in [0.25, 0.3) is 0 Å². The van der Waals surface area contributed by atoms with Crippen LogP contribution in [-0.2, 0) is 9.59 Å². The Morgan fingerprint density at radius 2 is 1.80 bits per heavy atom. The Hall–Kier alpha value is -0.900. The molecule has 15 heavy (non-hydrogen) atoms. The van der Waals surface area contributed by atoms with E-state index in [1.807, 2.05) is 6.92 Å². The molecule has 1 rings (SSSR count). The van der Waals surface area contributed by atoms with Crippen LogP contribution in [0.1, 0.15) is 40.0 Å². The minimum atomic E-state index is -0.830.